The lowest BCUT2D eigenvalue weighted by atomic mass is 10.2. The van der Waals surface area contributed by atoms with E-state index in [1.807, 2.05) is 0 Å². The number of aliphatic hydroxyl groups is 1. The molecule has 0 bridgehead atoms. The van der Waals surface area contributed by atoms with Crippen LogP contribution in [0.25, 0.3) is 0 Å². The summed E-state index contributed by atoms with van der Waals surface area (Å²) in [5.74, 6) is 0. The highest BCUT2D eigenvalue weighted by Crippen LogP contribution is 2.31. The highest BCUT2D eigenvalue weighted by atomic mass is 79.9. The molecular weight excluding hydrogens is 246 g/mol. The molecule has 1 heterocycles. The van der Waals surface area contributed by atoms with Crippen molar-refractivity contribution in [1.29, 1.82) is 0 Å². The summed E-state index contributed by atoms with van der Waals surface area (Å²) in [4.78, 5) is 3.68. The third kappa shape index (κ3) is 2.13. The highest BCUT2D eigenvalue weighted by molar-refractivity contribution is 9.10. The highest BCUT2D eigenvalue weighted by Gasteiger charge is 2.17. The number of pyridine rings is 1. The van der Waals surface area contributed by atoms with Crippen LogP contribution in [0.2, 0.25) is 0 Å². The fraction of sp³-hybridized carbons (Fsp3) is 0.286. The van der Waals surface area contributed by atoms with Crippen LogP contribution < -0.4 is 5.73 Å². The number of halogens is 3. The average Bonchev–Trinajstić information content (AvgIpc) is 2.02. The number of nitrogen functional groups attached to an aromatic ring is 1. The Morgan fingerprint density at radius 3 is 2.62 bits per heavy atom. The van der Waals surface area contributed by atoms with E-state index in [-0.39, 0.29) is 28.2 Å². The van der Waals surface area contributed by atoms with Crippen LogP contribution in [0.3, 0.4) is 0 Å². The summed E-state index contributed by atoms with van der Waals surface area (Å²) in [6.07, 6.45) is -2.67. The quantitative estimate of drug-likeness (QED) is 0.791. The van der Waals surface area contributed by atoms with Crippen molar-refractivity contribution in [2.75, 3.05) is 5.73 Å². The minimum absolute atomic E-state index is 0.0217. The zero-order chi connectivity index (χ0) is 10.0. The Balaban J connectivity index is 3.23. The fourth-order valence-corrected chi connectivity index (χ4v) is 1.52. The Morgan fingerprint density at radius 2 is 2.23 bits per heavy atom. The van der Waals surface area contributed by atoms with Crippen LogP contribution in [-0.4, -0.2) is 10.1 Å². The maximum absolute atomic E-state index is 12.3. The zero-order valence-electron chi connectivity index (χ0n) is 6.47. The topological polar surface area (TPSA) is 59.1 Å². The molecule has 0 saturated heterocycles. The monoisotopic (exact) mass is 252 g/mol. The van der Waals surface area contributed by atoms with Crippen molar-refractivity contribution in [3.8, 4) is 0 Å². The molecule has 1 rings (SSSR count). The van der Waals surface area contributed by atoms with Gasteiger partial charge in [-0.15, -0.1) is 0 Å². The van der Waals surface area contributed by atoms with Crippen LogP contribution in [0.4, 0.5) is 14.5 Å². The molecule has 0 aliphatic carbocycles. The van der Waals surface area contributed by atoms with Gasteiger partial charge in [0.05, 0.1) is 17.9 Å². The van der Waals surface area contributed by atoms with Crippen LogP contribution in [0.5, 0.6) is 0 Å². The molecule has 72 valence electrons. The maximum atomic E-state index is 12.3. The van der Waals surface area contributed by atoms with E-state index in [1.54, 1.807) is 0 Å². The number of aromatic nitrogens is 1. The van der Waals surface area contributed by atoms with Gasteiger partial charge in [0, 0.05) is 5.69 Å². The van der Waals surface area contributed by atoms with Gasteiger partial charge in [-0.25, -0.2) is 13.8 Å². The number of rotatable bonds is 2. The molecule has 1 aromatic heterocycles. The summed E-state index contributed by atoms with van der Waals surface area (Å²) in [5.41, 5.74) is 5.19. The largest absolute Gasteiger partial charge is 0.398 e. The summed E-state index contributed by atoms with van der Waals surface area (Å²) in [6.45, 7) is -0.327. The van der Waals surface area contributed by atoms with Crippen LogP contribution in [-0.2, 0) is 6.61 Å². The van der Waals surface area contributed by atoms with E-state index in [4.69, 9.17) is 10.8 Å². The number of nitrogens with two attached hydrogens (primary N) is 1. The minimum atomic E-state index is -2.67. The maximum Gasteiger partial charge on any atom is 0.268 e. The Kier molecular flexibility index (Phi) is 3.16. The minimum Gasteiger partial charge on any atom is -0.398 e. The van der Waals surface area contributed by atoms with Crippen molar-refractivity contribution >= 4 is 21.6 Å². The molecule has 6 heteroatoms. The second-order valence-corrected chi connectivity index (χ2v) is 3.12. The first kappa shape index (κ1) is 10.3. The van der Waals surface area contributed by atoms with E-state index < -0.39 is 6.43 Å². The zero-order valence-corrected chi connectivity index (χ0v) is 8.05. The van der Waals surface area contributed by atoms with Crippen molar-refractivity contribution < 1.29 is 13.9 Å². The van der Waals surface area contributed by atoms with Crippen molar-refractivity contribution in [3.63, 3.8) is 0 Å². The first-order valence-electron chi connectivity index (χ1n) is 3.40. The number of aliphatic hydroxyl groups excluding tert-OH is 1. The van der Waals surface area contributed by atoms with Gasteiger partial charge in [0.25, 0.3) is 6.43 Å². The molecule has 0 spiro atoms. The van der Waals surface area contributed by atoms with Gasteiger partial charge < -0.3 is 10.8 Å². The van der Waals surface area contributed by atoms with Gasteiger partial charge in [-0.3, -0.25) is 0 Å². The first-order chi connectivity index (χ1) is 6.06. The third-order valence-electron chi connectivity index (χ3n) is 1.48. The summed E-state index contributed by atoms with van der Waals surface area (Å²) in [5, 5.41) is 8.69. The lowest BCUT2D eigenvalue weighted by Gasteiger charge is -2.07. The van der Waals surface area contributed by atoms with Gasteiger partial charge in [0.15, 0.2) is 0 Å². The Bertz CT molecular complexity index is 296. The van der Waals surface area contributed by atoms with Crippen molar-refractivity contribution in [2.45, 2.75) is 13.0 Å². The molecule has 0 aliphatic heterocycles. The van der Waals surface area contributed by atoms with Crippen LogP contribution in [0.15, 0.2) is 10.7 Å². The fourth-order valence-electron chi connectivity index (χ4n) is 0.892. The molecule has 3 nitrogen and oxygen atoms in total. The van der Waals surface area contributed by atoms with E-state index >= 15 is 0 Å². The van der Waals surface area contributed by atoms with E-state index in [0.29, 0.717) is 0 Å². The van der Waals surface area contributed by atoms with Gasteiger partial charge in [-0.1, -0.05) is 0 Å². The van der Waals surface area contributed by atoms with Gasteiger partial charge >= 0.3 is 0 Å². The molecular formula is C7H7BrF2N2O. The molecule has 0 fully saturated rings. The smallest absolute Gasteiger partial charge is 0.268 e. The standard InChI is InChI=1S/C7H7BrF2N2O/c8-6-5(7(9)10)4(11)1-3(2-13)12-6/h1,7,13H,2H2,(H2,11,12). The van der Waals surface area contributed by atoms with Crippen LogP contribution in [0, 0.1) is 0 Å². The molecule has 1 aromatic rings. The molecule has 0 radical (unpaired) electrons. The Labute approximate surface area is 81.7 Å². The summed E-state index contributed by atoms with van der Waals surface area (Å²) < 4.78 is 24.6. The second-order valence-electron chi connectivity index (χ2n) is 2.37. The number of anilines is 1. The summed E-state index contributed by atoms with van der Waals surface area (Å²) >= 11 is 2.86. The van der Waals surface area contributed by atoms with Crippen molar-refractivity contribution in [1.82, 2.24) is 4.98 Å². The molecule has 13 heavy (non-hydrogen) atoms. The van der Waals surface area contributed by atoms with Gasteiger partial charge in [0.1, 0.15) is 4.60 Å². The number of alkyl halides is 2. The van der Waals surface area contributed by atoms with E-state index in [2.05, 4.69) is 20.9 Å². The normalized spacial score (nSPS) is 10.8. The van der Waals surface area contributed by atoms with Crippen molar-refractivity contribution in [2.24, 2.45) is 0 Å². The SMILES string of the molecule is Nc1cc(CO)nc(Br)c1C(F)F. The molecule has 0 saturated carbocycles. The Morgan fingerprint density at radius 1 is 1.62 bits per heavy atom. The van der Waals surface area contributed by atoms with Crippen LogP contribution in [0.1, 0.15) is 17.7 Å². The van der Waals surface area contributed by atoms with Gasteiger partial charge in [0.2, 0.25) is 0 Å². The number of hydrogen-bond donors (Lipinski definition) is 2. The molecule has 0 aromatic carbocycles. The van der Waals surface area contributed by atoms with Gasteiger partial charge in [-0.2, -0.15) is 0 Å². The number of hydrogen-bond acceptors (Lipinski definition) is 3. The van der Waals surface area contributed by atoms with E-state index in [9.17, 15) is 8.78 Å². The van der Waals surface area contributed by atoms with Crippen molar-refractivity contribution in [3.05, 3.63) is 21.9 Å². The lowest BCUT2D eigenvalue weighted by molar-refractivity contribution is 0.150. The molecule has 0 amide bonds. The molecule has 0 unspecified atom stereocenters. The lowest BCUT2D eigenvalue weighted by Crippen LogP contribution is -2.01. The first-order valence-corrected chi connectivity index (χ1v) is 4.19. The van der Waals surface area contributed by atoms with E-state index in [0.717, 1.165) is 0 Å². The third-order valence-corrected chi connectivity index (χ3v) is 2.08. The molecule has 0 aliphatic rings. The summed E-state index contributed by atoms with van der Waals surface area (Å²) in [6, 6.07) is 1.23. The molecule has 0 atom stereocenters. The van der Waals surface area contributed by atoms with Crippen LogP contribution >= 0.6 is 15.9 Å². The predicted octanol–water partition coefficient (Wildman–Crippen LogP) is 1.86. The predicted molar refractivity (Wildman–Crippen MR) is 47.2 cm³/mol. The summed E-state index contributed by atoms with van der Waals surface area (Å²) in [7, 11) is 0. The Hall–Kier alpha value is -0.750. The average molecular weight is 253 g/mol. The van der Waals surface area contributed by atoms with Gasteiger partial charge in [-0.05, 0) is 22.0 Å². The van der Waals surface area contributed by atoms with E-state index in [1.165, 1.54) is 6.07 Å². The number of nitrogens with zero attached hydrogens (tertiary/aromatic N) is 1. The molecule has 3 N–H and O–H groups in total. The second kappa shape index (κ2) is 3.97.